The third kappa shape index (κ3) is 3.40. The van der Waals surface area contributed by atoms with Crippen molar-refractivity contribution in [3.8, 4) is 11.8 Å². The van der Waals surface area contributed by atoms with Crippen LogP contribution in [-0.2, 0) is 0 Å². The van der Waals surface area contributed by atoms with E-state index in [1.54, 1.807) is 24.5 Å². The Labute approximate surface area is 84.4 Å². The van der Waals surface area contributed by atoms with Crippen molar-refractivity contribution in [2.24, 2.45) is 5.41 Å². The SMILES string of the molecule is CC(C)(C)C#CC(=O)c1ccncc1. The lowest BCUT2D eigenvalue weighted by Crippen LogP contribution is -2.02. The van der Waals surface area contributed by atoms with Crippen LogP contribution in [0.2, 0.25) is 0 Å². The van der Waals surface area contributed by atoms with E-state index in [0.29, 0.717) is 5.56 Å². The van der Waals surface area contributed by atoms with Gasteiger partial charge in [-0.25, -0.2) is 0 Å². The minimum absolute atomic E-state index is 0.136. The van der Waals surface area contributed by atoms with Crippen LogP contribution in [-0.4, -0.2) is 10.8 Å². The minimum atomic E-state index is -0.151. The molecular weight excluding hydrogens is 174 g/mol. The van der Waals surface area contributed by atoms with Gasteiger partial charge in [0, 0.05) is 23.4 Å². The summed E-state index contributed by atoms with van der Waals surface area (Å²) >= 11 is 0. The molecule has 1 aromatic heterocycles. The van der Waals surface area contributed by atoms with Crippen LogP contribution in [0.3, 0.4) is 0 Å². The fraction of sp³-hybridized carbons (Fsp3) is 0.333. The lowest BCUT2D eigenvalue weighted by atomic mass is 9.97. The van der Waals surface area contributed by atoms with Gasteiger partial charge in [-0.05, 0) is 38.8 Å². The highest BCUT2D eigenvalue weighted by atomic mass is 16.1. The zero-order valence-electron chi connectivity index (χ0n) is 8.66. The molecule has 72 valence electrons. The van der Waals surface area contributed by atoms with Gasteiger partial charge in [0.05, 0.1) is 0 Å². The molecule has 0 amide bonds. The Morgan fingerprint density at radius 3 is 2.36 bits per heavy atom. The Kier molecular flexibility index (Phi) is 3.03. The number of carbonyl (C=O) groups excluding carboxylic acids is 1. The van der Waals surface area contributed by atoms with Gasteiger partial charge in [-0.15, -0.1) is 0 Å². The molecule has 0 atom stereocenters. The van der Waals surface area contributed by atoms with Crippen LogP contribution >= 0.6 is 0 Å². The molecule has 0 radical (unpaired) electrons. The number of Topliss-reactive ketones (excluding diaryl/α,β-unsaturated/α-hetero) is 1. The molecule has 0 unspecified atom stereocenters. The van der Waals surface area contributed by atoms with Crippen molar-refractivity contribution < 1.29 is 4.79 Å². The molecule has 0 saturated heterocycles. The summed E-state index contributed by atoms with van der Waals surface area (Å²) in [6.07, 6.45) is 3.18. The van der Waals surface area contributed by atoms with Gasteiger partial charge < -0.3 is 0 Å². The molecular formula is C12H13NO. The molecule has 1 heterocycles. The van der Waals surface area contributed by atoms with Gasteiger partial charge in [0.1, 0.15) is 0 Å². The number of carbonyl (C=O) groups is 1. The fourth-order valence-electron chi connectivity index (χ4n) is 0.820. The number of hydrogen-bond acceptors (Lipinski definition) is 2. The van der Waals surface area contributed by atoms with E-state index >= 15 is 0 Å². The third-order valence-corrected chi connectivity index (χ3v) is 1.49. The average Bonchev–Trinajstić information content (AvgIpc) is 2.14. The van der Waals surface area contributed by atoms with E-state index in [9.17, 15) is 4.79 Å². The van der Waals surface area contributed by atoms with Crippen molar-refractivity contribution in [3.63, 3.8) is 0 Å². The zero-order valence-corrected chi connectivity index (χ0v) is 8.66. The first kappa shape index (κ1) is 10.5. The normalized spacial score (nSPS) is 10.2. The fourth-order valence-corrected chi connectivity index (χ4v) is 0.820. The highest BCUT2D eigenvalue weighted by Gasteiger charge is 2.05. The van der Waals surface area contributed by atoms with E-state index in [1.807, 2.05) is 20.8 Å². The van der Waals surface area contributed by atoms with Gasteiger partial charge in [0.2, 0.25) is 5.78 Å². The number of aromatic nitrogens is 1. The van der Waals surface area contributed by atoms with Crippen LogP contribution in [0.15, 0.2) is 24.5 Å². The van der Waals surface area contributed by atoms with Crippen molar-refractivity contribution in [2.45, 2.75) is 20.8 Å². The molecule has 0 fully saturated rings. The predicted octanol–water partition coefficient (Wildman–Crippen LogP) is 2.31. The van der Waals surface area contributed by atoms with Gasteiger partial charge in [0.25, 0.3) is 0 Å². The van der Waals surface area contributed by atoms with Crippen LogP contribution < -0.4 is 0 Å². The molecule has 2 nitrogen and oxygen atoms in total. The second-order valence-corrected chi connectivity index (χ2v) is 4.07. The molecule has 0 aliphatic rings. The first-order valence-electron chi connectivity index (χ1n) is 4.46. The summed E-state index contributed by atoms with van der Waals surface area (Å²) in [6.45, 7) is 5.92. The Bertz CT molecular complexity index is 376. The second-order valence-electron chi connectivity index (χ2n) is 4.07. The number of pyridine rings is 1. The third-order valence-electron chi connectivity index (χ3n) is 1.49. The Hall–Kier alpha value is -1.62. The number of hydrogen-bond donors (Lipinski definition) is 0. The Morgan fingerprint density at radius 1 is 1.29 bits per heavy atom. The van der Waals surface area contributed by atoms with Crippen molar-refractivity contribution in [3.05, 3.63) is 30.1 Å². The summed E-state index contributed by atoms with van der Waals surface area (Å²) in [5.41, 5.74) is 0.458. The lowest BCUT2D eigenvalue weighted by molar-refractivity contribution is 0.105. The summed E-state index contributed by atoms with van der Waals surface area (Å²) in [6, 6.07) is 3.33. The van der Waals surface area contributed by atoms with E-state index in [1.165, 1.54) is 0 Å². The van der Waals surface area contributed by atoms with E-state index in [2.05, 4.69) is 16.8 Å². The van der Waals surface area contributed by atoms with Crippen LogP contribution in [0.4, 0.5) is 0 Å². The smallest absolute Gasteiger partial charge is 0.236 e. The molecule has 1 aromatic rings. The van der Waals surface area contributed by atoms with Crippen molar-refractivity contribution in [2.75, 3.05) is 0 Å². The molecule has 0 N–H and O–H groups in total. The summed E-state index contributed by atoms with van der Waals surface area (Å²) < 4.78 is 0. The highest BCUT2D eigenvalue weighted by molar-refractivity contribution is 6.08. The topological polar surface area (TPSA) is 30.0 Å². The standard InChI is InChI=1S/C12H13NO/c1-12(2,3)7-4-11(14)10-5-8-13-9-6-10/h5-6,8-9H,1-3H3. The molecule has 0 saturated carbocycles. The van der Waals surface area contributed by atoms with Crippen molar-refractivity contribution >= 4 is 5.78 Å². The highest BCUT2D eigenvalue weighted by Crippen LogP contribution is 2.10. The number of nitrogens with zero attached hydrogens (tertiary/aromatic N) is 1. The maximum atomic E-state index is 11.5. The summed E-state index contributed by atoms with van der Waals surface area (Å²) in [4.78, 5) is 15.3. The monoisotopic (exact) mass is 187 g/mol. The van der Waals surface area contributed by atoms with E-state index in [-0.39, 0.29) is 11.2 Å². The van der Waals surface area contributed by atoms with Crippen molar-refractivity contribution in [1.29, 1.82) is 0 Å². The molecule has 1 rings (SSSR count). The average molecular weight is 187 g/mol. The molecule has 14 heavy (non-hydrogen) atoms. The van der Waals surface area contributed by atoms with Gasteiger partial charge >= 0.3 is 0 Å². The number of rotatable bonds is 1. The van der Waals surface area contributed by atoms with Gasteiger partial charge in [-0.1, -0.05) is 5.92 Å². The minimum Gasteiger partial charge on any atom is -0.279 e. The molecule has 2 heteroatoms. The Morgan fingerprint density at radius 2 is 1.86 bits per heavy atom. The zero-order chi connectivity index (χ0) is 10.6. The molecule has 0 bridgehead atoms. The molecule has 0 aromatic carbocycles. The van der Waals surface area contributed by atoms with Crippen LogP contribution in [0.5, 0.6) is 0 Å². The first-order valence-corrected chi connectivity index (χ1v) is 4.46. The molecule has 0 aliphatic carbocycles. The summed E-state index contributed by atoms with van der Waals surface area (Å²) in [7, 11) is 0. The summed E-state index contributed by atoms with van der Waals surface area (Å²) in [5, 5.41) is 0. The van der Waals surface area contributed by atoms with Crippen LogP contribution in [0.25, 0.3) is 0 Å². The first-order chi connectivity index (χ1) is 6.49. The predicted molar refractivity (Wildman–Crippen MR) is 55.8 cm³/mol. The quantitative estimate of drug-likeness (QED) is 0.383. The van der Waals surface area contributed by atoms with E-state index in [0.717, 1.165) is 0 Å². The Balaban J connectivity index is 2.82. The van der Waals surface area contributed by atoms with E-state index < -0.39 is 0 Å². The second kappa shape index (κ2) is 4.06. The summed E-state index contributed by atoms with van der Waals surface area (Å²) in [5.74, 6) is 5.37. The van der Waals surface area contributed by atoms with E-state index in [4.69, 9.17) is 0 Å². The van der Waals surface area contributed by atoms with Crippen LogP contribution in [0, 0.1) is 17.3 Å². The maximum absolute atomic E-state index is 11.5. The molecule has 0 spiro atoms. The van der Waals surface area contributed by atoms with Gasteiger partial charge in [0.15, 0.2) is 0 Å². The van der Waals surface area contributed by atoms with Crippen molar-refractivity contribution in [1.82, 2.24) is 4.98 Å². The largest absolute Gasteiger partial charge is 0.279 e. The van der Waals surface area contributed by atoms with Gasteiger partial charge in [-0.2, -0.15) is 0 Å². The lowest BCUT2D eigenvalue weighted by Gasteiger charge is -2.06. The molecule has 0 aliphatic heterocycles. The number of ketones is 1. The maximum Gasteiger partial charge on any atom is 0.236 e. The van der Waals surface area contributed by atoms with Crippen LogP contribution in [0.1, 0.15) is 31.1 Å². The van der Waals surface area contributed by atoms with Gasteiger partial charge in [-0.3, -0.25) is 9.78 Å².